The van der Waals surface area contributed by atoms with Crippen LogP contribution in [0, 0.1) is 0 Å². The number of amides is 2. The molecule has 1 aromatic rings. The smallest absolute Gasteiger partial charge is 0.318 e. The number of carbonyl (C=O) groups excluding carboxylic acids is 1. The van der Waals surface area contributed by atoms with Gasteiger partial charge in [-0.25, -0.2) is 4.79 Å². The summed E-state index contributed by atoms with van der Waals surface area (Å²) in [6.45, 7) is 2.55. The molecule has 1 rings (SSSR count). The van der Waals surface area contributed by atoms with Crippen molar-refractivity contribution in [1.29, 1.82) is 0 Å². The second-order valence-electron chi connectivity index (χ2n) is 2.82. The number of benzene rings is 1. The van der Waals surface area contributed by atoms with Crippen LogP contribution in [0.4, 0.5) is 10.5 Å². The molecular formula is C10H14N2O2. The summed E-state index contributed by atoms with van der Waals surface area (Å²) in [5.41, 5.74) is 5.87. The van der Waals surface area contributed by atoms with Gasteiger partial charge in [-0.05, 0) is 31.2 Å². The van der Waals surface area contributed by atoms with E-state index in [9.17, 15) is 4.79 Å². The highest BCUT2D eigenvalue weighted by atomic mass is 16.5. The van der Waals surface area contributed by atoms with Crippen molar-refractivity contribution in [2.45, 2.75) is 6.92 Å². The second kappa shape index (κ2) is 4.50. The summed E-state index contributed by atoms with van der Waals surface area (Å²) in [5, 5.41) is 0. The Balaban J connectivity index is 2.77. The number of anilines is 1. The Kier molecular flexibility index (Phi) is 3.34. The van der Waals surface area contributed by atoms with E-state index in [0.717, 1.165) is 11.4 Å². The number of rotatable bonds is 3. The summed E-state index contributed by atoms with van der Waals surface area (Å²) in [4.78, 5) is 12.2. The number of nitrogens with zero attached hydrogens (tertiary/aromatic N) is 1. The van der Waals surface area contributed by atoms with Gasteiger partial charge in [-0.1, -0.05) is 0 Å². The van der Waals surface area contributed by atoms with E-state index in [2.05, 4.69) is 0 Å². The molecule has 0 aliphatic carbocycles. The average molecular weight is 194 g/mol. The Morgan fingerprint density at radius 2 is 2.00 bits per heavy atom. The van der Waals surface area contributed by atoms with Crippen molar-refractivity contribution in [3.05, 3.63) is 24.3 Å². The minimum Gasteiger partial charge on any atom is -0.494 e. The fraction of sp³-hybridized carbons (Fsp3) is 0.300. The maximum absolute atomic E-state index is 10.8. The van der Waals surface area contributed by atoms with Crippen LogP contribution in [-0.2, 0) is 0 Å². The molecule has 0 bridgehead atoms. The van der Waals surface area contributed by atoms with Gasteiger partial charge in [0.2, 0.25) is 0 Å². The van der Waals surface area contributed by atoms with Gasteiger partial charge in [-0.2, -0.15) is 0 Å². The number of ether oxygens (including phenoxy) is 1. The van der Waals surface area contributed by atoms with Gasteiger partial charge < -0.3 is 10.5 Å². The predicted octanol–water partition coefficient (Wildman–Crippen LogP) is 1.60. The van der Waals surface area contributed by atoms with Crippen LogP contribution in [-0.4, -0.2) is 19.7 Å². The summed E-state index contributed by atoms with van der Waals surface area (Å²) in [6, 6.07) is 6.70. The lowest BCUT2D eigenvalue weighted by Gasteiger charge is -2.14. The Morgan fingerprint density at radius 3 is 2.43 bits per heavy atom. The predicted molar refractivity (Wildman–Crippen MR) is 55.6 cm³/mol. The summed E-state index contributed by atoms with van der Waals surface area (Å²) < 4.78 is 5.27. The minimum absolute atomic E-state index is 0.478. The average Bonchev–Trinajstić information content (AvgIpc) is 2.18. The number of nitrogens with two attached hydrogens (primary N) is 1. The van der Waals surface area contributed by atoms with Crippen LogP contribution < -0.4 is 15.4 Å². The standard InChI is InChI=1S/C10H14N2O2/c1-3-14-9-6-4-8(5-7-9)12(2)10(11)13/h4-7H,3H2,1-2H3,(H2,11,13). The molecule has 0 radical (unpaired) electrons. The Morgan fingerprint density at radius 1 is 1.43 bits per heavy atom. The highest BCUT2D eigenvalue weighted by Gasteiger charge is 2.05. The van der Waals surface area contributed by atoms with Crippen LogP contribution in [0.5, 0.6) is 5.75 Å². The highest BCUT2D eigenvalue weighted by Crippen LogP contribution is 2.17. The summed E-state index contributed by atoms with van der Waals surface area (Å²) in [7, 11) is 1.62. The molecule has 0 spiro atoms. The molecule has 1 aromatic carbocycles. The first-order valence-electron chi connectivity index (χ1n) is 4.41. The van der Waals surface area contributed by atoms with E-state index in [1.165, 1.54) is 4.90 Å². The van der Waals surface area contributed by atoms with E-state index in [1.807, 2.05) is 6.92 Å². The van der Waals surface area contributed by atoms with E-state index in [0.29, 0.717) is 6.61 Å². The van der Waals surface area contributed by atoms with E-state index in [1.54, 1.807) is 31.3 Å². The third kappa shape index (κ3) is 2.39. The molecule has 76 valence electrons. The lowest BCUT2D eigenvalue weighted by molar-refractivity contribution is 0.255. The Bertz CT molecular complexity index is 308. The molecule has 2 amide bonds. The van der Waals surface area contributed by atoms with Crippen LogP contribution in [0.2, 0.25) is 0 Å². The van der Waals surface area contributed by atoms with Crippen molar-refractivity contribution in [1.82, 2.24) is 0 Å². The van der Waals surface area contributed by atoms with Crippen LogP contribution >= 0.6 is 0 Å². The molecule has 14 heavy (non-hydrogen) atoms. The van der Waals surface area contributed by atoms with Crippen molar-refractivity contribution in [2.75, 3.05) is 18.6 Å². The van der Waals surface area contributed by atoms with Crippen LogP contribution in [0.1, 0.15) is 6.92 Å². The number of hydrogen-bond donors (Lipinski definition) is 1. The molecule has 0 saturated carbocycles. The van der Waals surface area contributed by atoms with E-state index in [4.69, 9.17) is 10.5 Å². The molecule has 0 aliphatic rings. The van der Waals surface area contributed by atoms with Gasteiger partial charge in [0.15, 0.2) is 0 Å². The molecule has 0 saturated heterocycles. The fourth-order valence-corrected chi connectivity index (χ4v) is 1.06. The molecular weight excluding hydrogens is 180 g/mol. The van der Waals surface area contributed by atoms with Crippen LogP contribution in [0.15, 0.2) is 24.3 Å². The molecule has 0 atom stereocenters. The van der Waals surface area contributed by atoms with Gasteiger partial charge in [0.25, 0.3) is 0 Å². The third-order valence-corrected chi connectivity index (χ3v) is 1.87. The molecule has 4 heteroatoms. The van der Waals surface area contributed by atoms with Gasteiger partial charge in [0.1, 0.15) is 5.75 Å². The van der Waals surface area contributed by atoms with Gasteiger partial charge in [0.05, 0.1) is 6.61 Å². The Labute approximate surface area is 83.3 Å². The summed E-state index contributed by atoms with van der Waals surface area (Å²) >= 11 is 0. The zero-order valence-electron chi connectivity index (χ0n) is 8.36. The van der Waals surface area contributed by atoms with E-state index >= 15 is 0 Å². The molecule has 0 heterocycles. The first-order chi connectivity index (χ1) is 6.65. The van der Waals surface area contributed by atoms with Gasteiger partial charge in [-0.15, -0.1) is 0 Å². The zero-order chi connectivity index (χ0) is 10.6. The van der Waals surface area contributed by atoms with Crippen molar-refractivity contribution in [2.24, 2.45) is 5.73 Å². The summed E-state index contributed by atoms with van der Waals surface area (Å²) in [6.07, 6.45) is 0. The normalized spacial score (nSPS) is 9.57. The zero-order valence-corrected chi connectivity index (χ0v) is 8.36. The lowest BCUT2D eigenvalue weighted by Crippen LogP contribution is -2.31. The van der Waals surface area contributed by atoms with E-state index in [-0.39, 0.29) is 0 Å². The number of hydrogen-bond acceptors (Lipinski definition) is 2. The second-order valence-corrected chi connectivity index (χ2v) is 2.82. The van der Waals surface area contributed by atoms with Crippen LogP contribution in [0.3, 0.4) is 0 Å². The van der Waals surface area contributed by atoms with Gasteiger partial charge in [0, 0.05) is 12.7 Å². The minimum atomic E-state index is -0.478. The molecule has 0 fully saturated rings. The summed E-state index contributed by atoms with van der Waals surface area (Å²) in [5.74, 6) is 0.786. The molecule has 4 nitrogen and oxygen atoms in total. The van der Waals surface area contributed by atoms with E-state index < -0.39 is 6.03 Å². The van der Waals surface area contributed by atoms with Gasteiger partial charge in [-0.3, -0.25) is 4.90 Å². The van der Waals surface area contributed by atoms with Crippen molar-refractivity contribution >= 4 is 11.7 Å². The first-order valence-corrected chi connectivity index (χ1v) is 4.41. The van der Waals surface area contributed by atoms with Crippen LogP contribution in [0.25, 0.3) is 0 Å². The first kappa shape index (κ1) is 10.4. The molecule has 0 unspecified atom stereocenters. The third-order valence-electron chi connectivity index (χ3n) is 1.87. The van der Waals surface area contributed by atoms with Gasteiger partial charge >= 0.3 is 6.03 Å². The SMILES string of the molecule is CCOc1ccc(N(C)C(N)=O)cc1. The lowest BCUT2D eigenvalue weighted by atomic mass is 10.3. The number of primary amides is 1. The highest BCUT2D eigenvalue weighted by molar-refractivity contribution is 5.89. The fourth-order valence-electron chi connectivity index (χ4n) is 1.06. The topological polar surface area (TPSA) is 55.6 Å². The number of urea groups is 1. The maximum Gasteiger partial charge on any atom is 0.318 e. The van der Waals surface area contributed by atoms with Crippen molar-refractivity contribution < 1.29 is 9.53 Å². The molecule has 0 aromatic heterocycles. The molecule has 2 N–H and O–H groups in total. The Hall–Kier alpha value is -1.71. The largest absolute Gasteiger partial charge is 0.494 e. The number of carbonyl (C=O) groups is 1. The molecule has 0 aliphatic heterocycles. The van der Waals surface area contributed by atoms with Crippen molar-refractivity contribution in [3.63, 3.8) is 0 Å². The van der Waals surface area contributed by atoms with Crippen molar-refractivity contribution in [3.8, 4) is 5.75 Å². The maximum atomic E-state index is 10.8. The quantitative estimate of drug-likeness (QED) is 0.794. The monoisotopic (exact) mass is 194 g/mol.